The van der Waals surface area contributed by atoms with Crippen LogP contribution in [0.25, 0.3) is 0 Å². The van der Waals surface area contributed by atoms with E-state index in [4.69, 9.17) is 5.73 Å². The number of benzene rings is 1. The summed E-state index contributed by atoms with van der Waals surface area (Å²) in [5.74, 6) is 0.108. The monoisotopic (exact) mass is 240 g/mol. The highest BCUT2D eigenvalue weighted by atomic mass is 32.2. The quantitative estimate of drug-likeness (QED) is 0.778. The SMILES string of the molecule is Cc1cccc2c1N(C)C(CN)CS2(=O)=O. The van der Waals surface area contributed by atoms with Crippen LogP contribution >= 0.6 is 0 Å². The maximum atomic E-state index is 12.1. The third-order valence-electron chi connectivity index (χ3n) is 3.12. The fourth-order valence-corrected chi connectivity index (χ4v) is 4.13. The van der Waals surface area contributed by atoms with Crippen molar-refractivity contribution >= 4 is 15.5 Å². The largest absolute Gasteiger partial charge is 0.368 e. The van der Waals surface area contributed by atoms with Gasteiger partial charge in [-0.3, -0.25) is 0 Å². The number of sulfone groups is 1. The first-order chi connectivity index (χ1) is 7.47. The molecule has 5 heteroatoms. The Bertz CT molecular complexity index is 511. The maximum Gasteiger partial charge on any atom is 0.182 e. The number of aryl methyl sites for hydroxylation is 1. The van der Waals surface area contributed by atoms with Gasteiger partial charge in [-0.25, -0.2) is 8.42 Å². The van der Waals surface area contributed by atoms with E-state index in [1.54, 1.807) is 12.1 Å². The predicted molar refractivity (Wildman–Crippen MR) is 64.5 cm³/mol. The van der Waals surface area contributed by atoms with Crippen LogP contribution in [0.2, 0.25) is 0 Å². The van der Waals surface area contributed by atoms with Crippen LogP contribution in [-0.2, 0) is 9.84 Å². The number of nitrogens with zero attached hydrogens (tertiary/aromatic N) is 1. The fourth-order valence-electron chi connectivity index (χ4n) is 2.20. The first-order valence-corrected chi connectivity index (χ1v) is 6.88. The molecule has 0 aliphatic carbocycles. The Kier molecular flexibility index (Phi) is 2.67. The number of likely N-dealkylation sites (N-methyl/N-ethyl adjacent to an activating group) is 1. The van der Waals surface area contributed by atoms with Crippen molar-refractivity contribution in [1.82, 2.24) is 0 Å². The van der Waals surface area contributed by atoms with E-state index in [0.717, 1.165) is 11.3 Å². The van der Waals surface area contributed by atoms with E-state index in [2.05, 4.69) is 0 Å². The third-order valence-corrected chi connectivity index (χ3v) is 4.94. The minimum Gasteiger partial charge on any atom is -0.368 e. The molecule has 1 aromatic rings. The minimum atomic E-state index is -3.18. The number of anilines is 1. The third kappa shape index (κ3) is 1.60. The normalized spacial score (nSPS) is 22.9. The summed E-state index contributed by atoms with van der Waals surface area (Å²) < 4.78 is 24.1. The molecule has 0 aromatic heterocycles. The molecular formula is C11H16N2O2S. The second-order valence-electron chi connectivity index (χ2n) is 4.20. The van der Waals surface area contributed by atoms with Crippen molar-refractivity contribution in [3.05, 3.63) is 23.8 Å². The number of rotatable bonds is 1. The molecule has 1 unspecified atom stereocenters. The molecule has 2 N–H and O–H groups in total. The van der Waals surface area contributed by atoms with Gasteiger partial charge in [-0.1, -0.05) is 12.1 Å². The molecule has 0 spiro atoms. The molecule has 0 saturated heterocycles. The average molecular weight is 240 g/mol. The molecule has 88 valence electrons. The second-order valence-corrected chi connectivity index (χ2v) is 6.21. The van der Waals surface area contributed by atoms with Crippen molar-refractivity contribution < 1.29 is 8.42 Å². The highest BCUT2D eigenvalue weighted by molar-refractivity contribution is 7.91. The van der Waals surface area contributed by atoms with Crippen LogP contribution < -0.4 is 10.6 Å². The van der Waals surface area contributed by atoms with Gasteiger partial charge >= 0.3 is 0 Å². The lowest BCUT2D eigenvalue weighted by molar-refractivity contribution is 0.572. The van der Waals surface area contributed by atoms with E-state index < -0.39 is 9.84 Å². The number of hydrogen-bond acceptors (Lipinski definition) is 4. The Hall–Kier alpha value is -1.07. The molecule has 16 heavy (non-hydrogen) atoms. The van der Waals surface area contributed by atoms with Gasteiger partial charge < -0.3 is 10.6 Å². The lowest BCUT2D eigenvalue weighted by atomic mass is 10.1. The zero-order valence-electron chi connectivity index (χ0n) is 9.47. The maximum absolute atomic E-state index is 12.1. The van der Waals surface area contributed by atoms with Gasteiger partial charge in [0.2, 0.25) is 0 Å². The van der Waals surface area contributed by atoms with Gasteiger partial charge in [0.05, 0.1) is 22.4 Å². The molecule has 1 aliphatic heterocycles. The molecule has 0 saturated carbocycles. The molecule has 0 amide bonds. The fraction of sp³-hybridized carbons (Fsp3) is 0.455. The summed E-state index contributed by atoms with van der Waals surface area (Å²) in [5, 5.41) is 0. The summed E-state index contributed by atoms with van der Waals surface area (Å²) in [5.41, 5.74) is 7.39. The molecule has 4 nitrogen and oxygen atoms in total. The van der Waals surface area contributed by atoms with Crippen molar-refractivity contribution in [2.45, 2.75) is 17.9 Å². The molecular weight excluding hydrogens is 224 g/mol. The molecule has 1 aliphatic rings. The van der Waals surface area contributed by atoms with Crippen molar-refractivity contribution in [2.24, 2.45) is 5.73 Å². The predicted octanol–water partition coefficient (Wildman–Crippen LogP) is 0.546. The van der Waals surface area contributed by atoms with Gasteiger partial charge in [0, 0.05) is 13.6 Å². The summed E-state index contributed by atoms with van der Waals surface area (Å²) in [6, 6.07) is 5.24. The van der Waals surface area contributed by atoms with E-state index in [1.165, 1.54) is 0 Å². The van der Waals surface area contributed by atoms with Crippen molar-refractivity contribution in [3.8, 4) is 0 Å². The topological polar surface area (TPSA) is 63.4 Å². The van der Waals surface area contributed by atoms with Gasteiger partial charge in [0.15, 0.2) is 9.84 Å². The first-order valence-electron chi connectivity index (χ1n) is 5.22. The van der Waals surface area contributed by atoms with Crippen molar-refractivity contribution in [1.29, 1.82) is 0 Å². The van der Waals surface area contributed by atoms with Crippen molar-refractivity contribution in [3.63, 3.8) is 0 Å². The van der Waals surface area contributed by atoms with E-state index >= 15 is 0 Å². The molecule has 2 rings (SSSR count). The van der Waals surface area contributed by atoms with Crippen LogP contribution in [0.4, 0.5) is 5.69 Å². The van der Waals surface area contributed by atoms with Crippen LogP contribution in [0.3, 0.4) is 0 Å². The lowest BCUT2D eigenvalue weighted by Gasteiger charge is -2.36. The van der Waals surface area contributed by atoms with Gasteiger partial charge in [0.1, 0.15) is 0 Å². The molecule has 0 radical (unpaired) electrons. The number of hydrogen-bond donors (Lipinski definition) is 1. The number of para-hydroxylation sites is 1. The smallest absolute Gasteiger partial charge is 0.182 e. The van der Waals surface area contributed by atoms with Gasteiger partial charge in [-0.15, -0.1) is 0 Å². The van der Waals surface area contributed by atoms with Crippen LogP contribution in [0.5, 0.6) is 0 Å². The van der Waals surface area contributed by atoms with Gasteiger partial charge in [-0.2, -0.15) is 0 Å². The summed E-state index contributed by atoms with van der Waals surface area (Å²) >= 11 is 0. The Morgan fingerprint density at radius 2 is 2.19 bits per heavy atom. The molecule has 1 aromatic carbocycles. The summed E-state index contributed by atoms with van der Waals surface area (Å²) in [7, 11) is -1.28. The minimum absolute atomic E-state index is 0.108. The molecule has 0 bridgehead atoms. The molecule has 1 atom stereocenters. The van der Waals surface area contributed by atoms with Crippen LogP contribution in [0.1, 0.15) is 5.56 Å². The second kappa shape index (κ2) is 3.75. The zero-order chi connectivity index (χ0) is 11.9. The lowest BCUT2D eigenvalue weighted by Crippen LogP contribution is -2.47. The van der Waals surface area contributed by atoms with Gasteiger partial charge in [0.25, 0.3) is 0 Å². The van der Waals surface area contributed by atoms with E-state index in [0.29, 0.717) is 11.4 Å². The Morgan fingerprint density at radius 1 is 1.50 bits per heavy atom. The van der Waals surface area contributed by atoms with Gasteiger partial charge in [-0.05, 0) is 18.6 Å². The highest BCUT2D eigenvalue weighted by Gasteiger charge is 2.33. The Morgan fingerprint density at radius 3 is 2.81 bits per heavy atom. The van der Waals surface area contributed by atoms with Crippen molar-refractivity contribution in [2.75, 3.05) is 24.2 Å². The van der Waals surface area contributed by atoms with E-state index in [9.17, 15) is 8.42 Å². The van der Waals surface area contributed by atoms with E-state index in [1.807, 2.05) is 24.9 Å². The standard InChI is InChI=1S/C11H16N2O2S/c1-8-4-3-5-10-11(8)13(2)9(6-12)7-16(10,14)15/h3-5,9H,6-7,12H2,1-2H3. The highest BCUT2D eigenvalue weighted by Crippen LogP contribution is 2.34. The molecule has 0 fully saturated rings. The number of fused-ring (bicyclic) bond motifs is 1. The van der Waals surface area contributed by atoms with Crippen LogP contribution in [0.15, 0.2) is 23.1 Å². The Labute approximate surface area is 96.0 Å². The van der Waals surface area contributed by atoms with E-state index in [-0.39, 0.29) is 11.8 Å². The summed E-state index contributed by atoms with van der Waals surface area (Å²) in [4.78, 5) is 2.41. The summed E-state index contributed by atoms with van der Waals surface area (Å²) in [6.07, 6.45) is 0. The number of nitrogens with two attached hydrogens (primary N) is 1. The van der Waals surface area contributed by atoms with Crippen LogP contribution in [-0.4, -0.2) is 33.8 Å². The Balaban J connectivity index is 2.68. The van der Waals surface area contributed by atoms with Crippen LogP contribution in [0, 0.1) is 6.92 Å². The zero-order valence-corrected chi connectivity index (χ0v) is 10.3. The first kappa shape index (κ1) is 11.4. The average Bonchev–Trinajstić information content (AvgIpc) is 2.23. The molecule has 1 heterocycles. The summed E-state index contributed by atoms with van der Waals surface area (Å²) in [6.45, 7) is 2.27.